The molecule has 4 nitrogen and oxygen atoms in total. The molecule has 0 heterocycles. The van der Waals surface area contributed by atoms with Gasteiger partial charge in [0.2, 0.25) is 0 Å². The minimum Gasteiger partial charge on any atom is -0.394 e. The average molecular weight is 266 g/mol. The van der Waals surface area contributed by atoms with Gasteiger partial charge in [0.15, 0.2) is 0 Å². The molecule has 0 aliphatic heterocycles. The van der Waals surface area contributed by atoms with Crippen LogP contribution in [-0.2, 0) is 0 Å². The highest BCUT2D eigenvalue weighted by molar-refractivity contribution is 5.18. The Morgan fingerprint density at radius 3 is 2.32 bits per heavy atom. The van der Waals surface area contributed by atoms with Crippen LogP contribution >= 0.6 is 0 Å². The van der Waals surface area contributed by atoms with Gasteiger partial charge in [0.1, 0.15) is 0 Å². The van der Waals surface area contributed by atoms with E-state index in [0.717, 1.165) is 18.7 Å². The summed E-state index contributed by atoms with van der Waals surface area (Å²) in [7, 11) is 0. The zero-order valence-corrected chi connectivity index (χ0v) is 11.9. The van der Waals surface area contributed by atoms with Crippen molar-refractivity contribution in [1.29, 1.82) is 0 Å². The zero-order valence-electron chi connectivity index (χ0n) is 11.9. The molecule has 0 bridgehead atoms. The van der Waals surface area contributed by atoms with Crippen LogP contribution in [0.15, 0.2) is 30.3 Å². The maximum atomic E-state index is 9.99. The fourth-order valence-corrected chi connectivity index (χ4v) is 2.10. The SMILES string of the molecule is CCN(CC)CC(O)CNC(CO)c1ccccc1. The minimum absolute atomic E-state index is 0.0298. The standard InChI is InChI=1S/C15H26N2O2/c1-3-17(4-2)11-14(19)10-16-15(12-18)13-8-6-5-7-9-13/h5-9,14-16,18-19H,3-4,10-12H2,1-2H3. The van der Waals surface area contributed by atoms with Crippen LogP contribution in [0.5, 0.6) is 0 Å². The van der Waals surface area contributed by atoms with Crippen LogP contribution in [0.25, 0.3) is 0 Å². The van der Waals surface area contributed by atoms with E-state index in [-0.39, 0.29) is 12.6 Å². The summed E-state index contributed by atoms with van der Waals surface area (Å²) in [4.78, 5) is 2.18. The van der Waals surface area contributed by atoms with E-state index in [0.29, 0.717) is 13.1 Å². The van der Waals surface area contributed by atoms with E-state index in [4.69, 9.17) is 0 Å². The summed E-state index contributed by atoms with van der Waals surface area (Å²) < 4.78 is 0. The minimum atomic E-state index is -0.419. The van der Waals surface area contributed by atoms with Crippen molar-refractivity contribution < 1.29 is 10.2 Å². The van der Waals surface area contributed by atoms with Gasteiger partial charge in [-0.2, -0.15) is 0 Å². The Bertz CT molecular complexity index is 328. The van der Waals surface area contributed by atoms with Crippen molar-refractivity contribution in [3.05, 3.63) is 35.9 Å². The van der Waals surface area contributed by atoms with E-state index in [9.17, 15) is 10.2 Å². The Labute approximate surface area is 116 Å². The molecular formula is C15H26N2O2. The van der Waals surface area contributed by atoms with Gasteiger partial charge >= 0.3 is 0 Å². The van der Waals surface area contributed by atoms with Crippen molar-refractivity contribution in [2.75, 3.05) is 32.8 Å². The van der Waals surface area contributed by atoms with Gasteiger partial charge in [-0.15, -0.1) is 0 Å². The molecule has 1 rings (SSSR count). The first-order chi connectivity index (χ1) is 9.21. The van der Waals surface area contributed by atoms with Crippen LogP contribution in [0, 0.1) is 0 Å². The van der Waals surface area contributed by atoms with Gasteiger partial charge in [-0.1, -0.05) is 44.2 Å². The maximum absolute atomic E-state index is 9.99. The second kappa shape index (κ2) is 9.04. The second-order valence-electron chi connectivity index (χ2n) is 4.69. The highest BCUT2D eigenvalue weighted by atomic mass is 16.3. The largest absolute Gasteiger partial charge is 0.394 e. The average Bonchev–Trinajstić information content (AvgIpc) is 2.46. The van der Waals surface area contributed by atoms with E-state index >= 15 is 0 Å². The molecule has 0 amide bonds. The first-order valence-electron chi connectivity index (χ1n) is 7.00. The number of nitrogens with zero attached hydrogens (tertiary/aromatic N) is 1. The highest BCUT2D eigenvalue weighted by Gasteiger charge is 2.13. The number of hydrogen-bond acceptors (Lipinski definition) is 4. The summed E-state index contributed by atoms with van der Waals surface area (Å²) in [5, 5.41) is 22.6. The highest BCUT2D eigenvalue weighted by Crippen LogP contribution is 2.11. The third-order valence-corrected chi connectivity index (χ3v) is 3.35. The van der Waals surface area contributed by atoms with E-state index in [2.05, 4.69) is 24.1 Å². The van der Waals surface area contributed by atoms with Gasteiger partial charge in [-0.25, -0.2) is 0 Å². The number of aliphatic hydroxyl groups excluding tert-OH is 2. The van der Waals surface area contributed by atoms with Gasteiger partial charge in [0, 0.05) is 13.1 Å². The Balaban J connectivity index is 2.41. The lowest BCUT2D eigenvalue weighted by molar-refractivity contribution is 0.110. The van der Waals surface area contributed by atoms with Crippen molar-refractivity contribution in [1.82, 2.24) is 10.2 Å². The van der Waals surface area contributed by atoms with Gasteiger partial charge < -0.3 is 20.4 Å². The predicted molar refractivity (Wildman–Crippen MR) is 78.1 cm³/mol. The van der Waals surface area contributed by atoms with E-state index < -0.39 is 6.10 Å². The fraction of sp³-hybridized carbons (Fsp3) is 0.600. The molecule has 0 aliphatic rings. The Kier molecular flexibility index (Phi) is 7.67. The Morgan fingerprint density at radius 2 is 1.79 bits per heavy atom. The quantitative estimate of drug-likeness (QED) is 0.624. The van der Waals surface area contributed by atoms with Gasteiger partial charge in [-0.3, -0.25) is 0 Å². The number of benzene rings is 1. The molecule has 0 fully saturated rings. The lowest BCUT2D eigenvalue weighted by Gasteiger charge is -2.24. The molecule has 1 aromatic rings. The Morgan fingerprint density at radius 1 is 1.16 bits per heavy atom. The monoisotopic (exact) mass is 266 g/mol. The van der Waals surface area contributed by atoms with Gasteiger partial charge in [0.25, 0.3) is 0 Å². The summed E-state index contributed by atoms with van der Waals surface area (Å²) >= 11 is 0. The molecule has 0 saturated carbocycles. The molecule has 0 saturated heterocycles. The molecule has 3 N–H and O–H groups in total. The molecule has 4 heteroatoms. The zero-order chi connectivity index (χ0) is 14.1. The van der Waals surface area contributed by atoms with E-state index in [1.807, 2.05) is 30.3 Å². The van der Waals surface area contributed by atoms with Crippen molar-refractivity contribution in [2.45, 2.75) is 26.0 Å². The Hall–Kier alpha value is -0.940. The smallest absolute Gasteiger partial charge is 0.0791 e. The number of hydrogen-bond donors (Lipinski definition) is 3. The third-order valence-electron chi connectivity index (χ3n) is 3.35. The molecule has 0 radical (unpaired) electrons. The van der Waals surface area contributed by atoms with Crippen LogP contribution in [0.4, 0.5) is 0 Å². The van der Waals surface area contributed by atoms with Crippen molar-refractivity contribution in [2.24, 2.45) is 0 Å². The lowest BCUT2D eigenvalue weighted by Crippen LogP contribution is -2.40. The first-order valence-corrected chi connectivity index (χ1v) is 7.00. The normalized spacial score (nSPS) is 14.6. The molecule has 0 aromatic heterocycles. The predicted octanol–water partition coefficient (Wildman–Crippen LogP) is 1.01. The molecule has 0 spiro atoms. The molecule has 108 valence electrons. The number of rotatable bonds is 9. The number of aliphatic hydroxyl groups is 2. The molecular weight excluding hydrogens is 240 g/mol. The van der Waals surface area contributed by atoms with Crippen LogP contribution in [0.3, 0.4) is 0 Å². The fourth-order valence-electron chi connectivity index (χ4n) is 2.10. The summed E-state index contributed by atoms with van der Waals surface area (Å²) in [6.07, 6.45) is -0.419. The van der Waals surface area contributed by atoms with Gasteiger partial charge in [-0.05, 0) is 18.7 Å². The number of likely N-dealkylation sites (N-methyl/N-ethyl adjacent to an activating group) is 1. The molecule has 0 aliphatic carbocycles. The maximum Gasteiger partial charge on any atom is 0.0791 e. The molecule has 19 heavy (non-hydrogen) atoms. The van der Waals surface area contributed by atoms with Crippen LogP contribution in [0.2, 0.25) is 0 Å². The molecule has 2 unspecified atom stereocenters. The van der Waals surface area contributed by atoms with Crippen molar-refractivity contribution >= 4 is 0 Å². The van der Waals surface area contributed by atoms with Crippen molar-refractivity contribution in [3.8, 4) is 0 Å². The summed E-state index contributed by atoms with van der Waals surface area (Å²) in [6.45, 7) is 7.23. The van der Waals surface area contributed by atoms with E-state index in [1.54, 1.807) is 0 Å². The van der Waals surface area contributed by atoms with Gasteiger partial charge in [0.05, 0.1) is 18.8 Å². The van der Waals surface area contributed by atoms with Crippen LogP contribution in [0.1, 0.15) is 25.5 Å². The van der Waals surface area contributed by atoms with E-state index in [1.165, 1.54) is 0 Å². The molecule has 1 aromatic carbocycles. The summed E-state index contributed by atoms with van der Waals surface area (Å²) in [6, 6.07) is 9.69. The van der Waals surface area contributed by atoms with Crippen LogP contribution in [-0.4, -0.2) is 54.0 Å². The summed E-state index contributed by atoms with van der Waals surface area (Å²) in [5.74, 6) is 0. The lowest BCUT2D eigenvalue weighted by atomic mass is 10.1. The second-order valence-corrected chi connectivity index (χ2v) is 4.69. The number of nitrogens with one attached hydrogen (secondary N) is 1. The molecule has 2 atom stereocenters. The van der Waals surface area contributed by atoms with Crippen molar-refractivity contribution in [3.63, 3.8) is 0 Å². The summed E-state index contributed by atoms with van der Waals surface area (Å²) in [5.41, 5.74) is 1.04. The third kappa shape index (κ3) is 5.70. The first kappa shape index (κ1) is 16.1. The topological polar surface area (TPSA) is 55.7 Å². The van der Waals surface area contributed by atoms with Crippen LogP contribution < -0.4 is 5.32 Å².